The lowest BCUT2D eigenvalue weighted by Gasteiger charge is -2.08. The Hall–Kier alpha value is -2.69. The average Bonchev–Trinajstić information content (AvgIpc) is 2.45. The first kappa shape index (κ1) is 13.7. The van der Waals surface area contributed by atoms with E-state index >= 15 is 0 Å². The summed E-state index contributed by atoms with van der Waals surface area (Å²) in [5, 5.41) is 11.0. The van der Waals surface area contributed by atoms with Crippen LogP contribution < -0.4 is 4.74 Å². The molecule has 0 fully saturated rings. The normalized spacial score (nSPS) is 10.1. The van der Waals surface area contributed by atoms with Crippen LogP contribution in [0.2, 0.25) is 0 Å². The van der Waals surface area contributed by atoms with Crippen molar-refractivity contribution in [2.45, 2.75) is 13.5 Å². The number of hydrogen-bond acceptors (Lipinski definition) is 4. The standard InChI is InChI=1S/C15H13NO4/c1-11(17)13-7-8-14(16(18)19)15(9-13)20-10-12-5-3-2-4-6-12/h2-9H,10H2,1H3. The summed E-state index contributed by atoms with van der Waals surface area (Å²) in [6.45, 7) is 1.62. The zero-order chi connectivity index (χ0) is 14.5. The number of nitro benzene ring substituents is 1. The van der Waals surface area contributed by atoms with Gasteiger partial charge in [0.15, 0.2) is 11.5 Å². The lowest BCUT2D eigenvalue weighted by atomic mass is 10.1. The molecule has 0 aromatic heterocycles. The maximum atomic E-state index is 11.3. The van der Waals surface area contributed by atoms with Gasteiger partial charge in [0.05, 0.1) is 4.92 Å². The summed E-state index contributed by atoms with van der Waals surface area (Å²) in [7, 11) is 0. The summed E-state index contributed by atoms with van der Waals surface area (Å²) >= 11 is 0. The number of carbonyl (C=O) groups excluding carboxylic acids is 1. The van der Waals surface area contributed by atoms with Gasteiger partial charge in [-0.25, -0.2) is 0 Å². The van der Waals surface area contributed by atoms with Gasteiger partial charge in [-0.2, -0.15) is 0 Å². The molecule has 2 aromatic carbocycles. The van der Waals surface area contributed by atoms with Crippen molar-refractivity contribution in [3.63, 3.8) is 0 Å². The highest BCUT2D eigenvalue weighted by molar-refractivity contribution is 5.94. The summed E-state index contributed by atoms with van der Waals surface area (Å²) in [6.07, 6.45) is 0. The van der Waals surface area contributed by atoms with E-state index in [1.165, 1.54) is 25.1 Å². The van der Waals surface area contributed by atoms with Gasteiger partial charge in [-0.3, -0.25) is 14.9 Å². The third-order valence-electron chi connectivity index (χ3n) is 2.80. The number of ketones is 1. The largest absolute Gasteiger partial charge is 0.482 e. The van der Waals surface area contributed by atoms with Crippen molar-refractivity contribution < 1.29 is 14.5 Å². The van der Waals surface area contributed by atoms with Crippen molar-refractivity contribution in [1.82, 2.24) is 0 Å². The van der Waals surface area contributed by atoms with Crippen molar-refractivity contribution in [3.8, 4) is 5.75 Å². The summed E-state index contributed by atoms with van der Waals surface area (Å²) < 4.78 is 5.48. The number of hydrogen-bond donors (Lipinski definition) is 0. The molecule has 0 heterocycles. The minimum Gasteiger partial charge on any atom is -0.482 e. The highest BCUT2D eigenvalue weighted by Gasteiger charge is 2.17. The first-order valence-electron chi connectivity index (χ1n) is 6.04. The molecule has 0 aliphatic carbocycles. The van der Waals surface area contributed by atoms with Crippen LogP contribution in [0.15, 0.2) is 48.5 Å². The van der Waals surface area contributed by atoms with Crippen molar-refractivity contribution in [3.05, 3.63) is 69.8 Å². The van der Waals surface area contributed by atoms with Gasteiger partial charge in [-0.15, -0.1) is 0 Å². The summed E-state index contributed by atoms with van der Waals surface area (Å²) in [4.78, 5) is 21.8. The number of nitro groups is 1. The molecule has 0 radical (unpaired) electrons. The Labute approximate surface area is 116 Å². The second-order valence-corrected chi connectivity index (χ2v) is 4.27. The van der Waals surface area contributed by atoms with Crippen LogP contribution in [0.1, 0.15) is 22.8 Å². The quantitative estimate of drug-likeness (QED) is 0.475. The maximum Gasteiger partial charge on any atom is 0.310 e. The van der Waals surface area contributed by atoms with Gasteiger partial charge in [-0.05, 0) is 24.6 Å². The van der Waals surface area contributed by atoms with Crippen molar-refractivity contribution >= 4 is 11.5 Å². The number of nitrogens with zero attached hydrogens (tertiary/aromatic N) is 1. The molecule has 0 unspecified atom stereocenters. The Balaban J connectivity index is 2.26. The predicted molar refractivity (Wildman–Crippen MR) is 73.9 cm³/mol. The maximum absolute atomic E-state index is 11.3. The number of benzene rings is 2. The second-order valence-electron chi connectivity index (χ2n) is 4.27. The molecule has 2 rings (SSSR count). The summed E-state index contributed by atoms with van der Waals surface area (Å²) in [5.41, 5.74) is 1.14. The van der Waals surface area contributed by atoms with Crippen LogP contribution >= 0.6 is 0 Å². The first-order chi connectivity index (χ1) is 9.58. The topological polar surface area (TPSA) is 69.4 Å². The summed E-state index contributed by atoms with van der Waals surface area (Å²) in [6, 6.07) is 13.4. The number of ether oxygens (including phenoxy) is 1. The predicted octanol–water partition coefficient (Wildman–Crippen LogP) is 3.38. The molecular weight excluding hydrogens is 258 g/mol. The fourth-order valence-corrected chi connectivity index (χ4v) is 1.73. The van der Waals surface area contributed by atoms with E-state index in [0.717, 1.165) is 5.56 Å². The number of carbonyl (C=O) groups is 1. The molecule has 0 saturated carbocycles. The fraction of sp³-hybridized carbons (Fsp3) is 0.133. The second kappa shape index (κ2) is 5.97. The van der Waals surface area contributed by atoms with Gasteiger partial charge < -0.3 is 4.74 Å². The van der Waals surface area contributed by atoms with Crippen molar-refractivity contribution in [1.29, 1.82) is 0 Å². The van der Waals surface area contributed by atoms with Crippen LogP contribution in [0.5, 0.6) is 5.75 Å². The Morgan fingerprint density at radius 3 is 2.50 bits per heavy atom. The van der Waals surface area contributed by atoms with Gasteiger partial charge in [0.2, 0.25) is 0 Å². The van der Waals surface area contributed by atoms with E-state index in [1.54, 1.807) is 0 Å². The highest BCUT2D eigenvalue weighted by atomic mass is 16.6. The molecular formula is C15H13NO4. The van der Waals surface area contributed by atoms with E-state index < -0.39 is 4.92 Å². The SMILES string of the molecule is CC(=O)c1ccc([N+](=O)[O-])c(OCc2ccccc2)c1. The molecule has 0 saturated heterocycles. The molecule has 0 bridgehead atoms. The molecule has 0 aliphatic heterocycles. The Bertz CT molecular complexity index is 638. The highest BCUT2D eigenvalue weighted by Crippen LogP contribution is 2.28. The molecule has 5 heteroatoms. The van der Waals surface area contributed by atoms with Gasteiger partial charge >= 0.3 is 5.69 Å². The van der Waals surface area contributed by atoms with Crippen LogP contribution in [0, 0.1) is 10.1 Å². The lowest BCUT2D eigenvalue weighted by molar-refractivity contribution is -0.385. The minimum atomic E-state index is -0.524. The number of rotatable bonds is 5. The van der Waals surface area contributed by atoms with Gasteiger partial charge in [0.1, 0.15) is 6.61 Å². The Morgan fingerprint density at radius 2 is 1.90 bits per heavy atom. The zero-order valence-electron chi connectivity index (χ0n) is 10.9. The Kier molecular flexibility index (Phi) is 4.10. The van der Waals surface area contributed by atoms with Crippen LogP contribution in [0.3, 0.4) is 0 Å². The van der Waals surface area contributed by atoms with Crippen molar-refractivity contribution in [2.24, 2.45) is 0 Å². The molecule has 0 atom stereocenters. The molecule has 2 aromatic rings. The van der Waals surface area contributed by atoms with Crippen molar-refractivity contribution in [2.75, 3.05) is 0 Å². The van der Waals surface area contributed by atoms with E-state index in [2.05, 4.69) is 0 Å². The van der Waals surface area contributed by atoms with E-state index in [0.29, 0.717) is 5.56 Å². The molecule has 5 nitrogen and oxygen atoms in total. The smallest absolute Gasteiger partial charge is 0.310 e. The molecule has 0 aliphatic rings. The minimum absolute atomic E-state index is 0.103. The van der Waals surface area contributed by atoms with E-state index in [-0.39, 0.29) is 23.8 Å². The monoisotopic (exact) mass is 271 g/mol. The van der Waals surface area contributed by atoms with Crippen LogP contribution in [-0.4, -0.2) is 10.7 Å². The third-order valence-corrected chi connectivity index (χ3v) is 2.80. The van der Waals surface area contributed by atoms with Gasteiger partial charge in [0, 0.05) is 11.6 Å². The fourth-order valence-electron chi connectivity index (χ4n) is 1.73. The molecule has 20 heavy (non-hydrogen) atoms. The van der Waals surface area contributed by atoms with Crippen LogP contribution in [0.25, 0.3) is 0 Å². The number of Topliss-reactive ketones (excluding diaryl/α,β-unsaturated/α-hetero) is 1. The zero-order valence-corrected chi connectivity index (χ0v) is 10.9. The van der Waals surface area contributed by atoms with E-state index in [9.17, 15) is 14.9 Å². The average molecular weight is 271 g/mol. The molecule has 0 spiro atoms. The summed E-state index contributed by atoms with van der Waals surface area (Å²) in [5.74, 6) is -0.0592. The molecule has 0 N–H and O–H groups in total. The van der Waals surface area contributed by atoms with Gasteiger partial charge in [0.25, 0.3) is 0 Å². The van der Waals surface area contributed by atoms with E-state index in [1.807, 2.05) is 30.3 Å². The molecule has 102 valence electrons. The first-order valence-corrected chi connectivity index (χ1v) is 6.04. The Morgan fingerprint density at radius 1 is 1.20 bits per heavy atom. The lowest BCUT2D eigenvalue weighted by Crippen LogP contribution is -2.01. The third kappa shape index (κ3) is 3.20. The van der Waals surface area contributed by atoms with Crippen LogP contribution in [0.4, 0.5) is 5.69 Å². The molecule has 0 amide bonds. The van der Waals surface area contributed by atoms with E-state index in [4.69, 9.17) is 4.74 Å². The van der Waals surface area contributed by atoms with Gasteiger partial charge in [-0.1, -0.05) is 30.3 Å². The van der Waals surface area contributed by atoms with Crippen LogP contribution in [-0.2, 0) is 6.61 Å².